The minimum Gasteiger partial charge on any atom is -0.392 e. The molecular formula is C25H22N4O4S. The van der Waals surface area contributed by atoms with Gasteiger partial charge in [-0.05, 0) is 59.7 Å². The fourth-order valence-corrected chi connectivity index (χ4v) is 5.04. The van der Waals surface area contributed by atoms with Gasteiger partial charge in [-0.2, -0.15) is 0 Å². The van der Waals surface area contributed by atoms with E-state index >= 15 is 0 Å². The average Bonchev–Trinajstić information content (AvgIpc) is 3.65. The van der Waals surface area contributed by atoms with Gasteiger partial charge in [0.15, 0.2) is 0 Å². The van der Waals surface area contributed by atoms with Crippen molar-refractivity contribution >= 4 is 38.2 Å². The summed E-state index contributed by atoms with van der Waals surface area (Å²) >= 11 is 0. The second kappa shape index (κ2) is 8.85. The van der Waals surface area contributed by atoms with Crippen molar-refractivity contribution in [2.75, 3.05) is 10.0 Å². The number of aromatic nitrogens is 2. The Bertz CT molecular complexity index is 1460. The Labute approximate surface area is 196 Å². The summed E-state index contributed by atoms with van der Waals surface area (Å²) in [6, 6.07) is 17.1. The van der Waals surface area contributed by atoms with Crippen molar-refractivity contribution in [3.05, 3.63) is 90.4 Å². The Hall–Kier alpha value is -3.82. The number of nitrogens with one attached hydrogen (secondary N) is 2. The van der Waals surface area contributed by atoms with E-state index in [1.807, 2.05) is 18.2 Å². The van der Waals surface area contributed by atoms with Gasteiger partial charge in [0.05, 0.1) is 11.5 Å². The van der Waals surface area contributed by atoms with E-state index in [0.717, 1.165) is 16.3 Å². The topological polar surface area (TPSA) is 121 Å². The van der Waals surface area contributed by atoms with Crippen LogP contribution >= 0.6 is 0 Å². The first-order valence-electron chi connectivity index (χ1n) is 10.8. The molecule has 9 heteroatoms. The van der Waals surface area contributed by atoms with Crippen LogP contribution in [0, 0.1) is 5.92 Å². The molecule has 4 aromatic rings. The molecular weight excluding hydrogens is 452 g/mol. The van der Waals surface area contributed by atoms with Gasteiger partial charge in [0.2, 0.25) is 5.91 Å². The number of anilines is 2. The summed E-state index contributed by atoms with van der Waals surface area (Å²) in [5, 5.41) is 14.2. The minimum atomic E-state index is -3.74. The largest absolute Gasteiger partial charge is 0.392 e. The number of hydrogen-bond acceptors (Lipinski definition) is 6. The SMILES string of the molecule is O=C(Nc1ccc2cncc(CO)c2c1)[C@@H]1C[C@H]1c1ccc(S(=O)(=O)Nc2ccccn2)cc1. The maximum Gasteiger partial charge on any atom is 0.263 e. The van der Waals surface area contributed by atoms with Crippen LogP contribution in [-0.4, -0.2) is 29.4 Å². The highest BCUT2D eigenvalue weighted by Gasteiger charge is 2.44. The van der Waals surface area contributed by atoms with Crippen molar-refractivity contribution in [3.8, 4) is 0 Å². The third kappa shape index (κ3) is 4.48. The average molecular weight is 475 g/mol. The monoisotopic (exact) mass is 474 g/mol. The van der Waals surface area contributed by atoms with Crippen molar-refractivity contribution < 1.29 is 18.3 Å². The molecule has 0 saturated heterocycles. The van der Waals surface area contributed by atoms with Crippen LogP contribution < -0.4 is 10.0 Å². The van der Waals surface area contributed by atoms with Crippen molar-refractivity contribution in [2.24, 2.45) is 5.92 Å². The number of carbonyl (C=O) groups is 1. The first-order valence-corrected chi connectivity index (χ1v) is 12.2. The number of fused-ring (bicyclic) bond motifs is 1. The number of rotatable bonds is 7. The summed E-state index contributed by atoms with van der Waals surface area (Å²) in [6.45, 7) is -0.129. The fourth-order valence-electron chi connectivity index (χ4n) is 4.03. The molecule has 2 aromatic heterocycles. The summed E-state index contributed by atoms with van der Waals surface area (Å²) in [4.78, 5) is 21.0. The lowest BCUT2D eigenvalue weighted by Crippen LogP contribution is -2.15. The lowest BCUT2D eigenvalue weighted by Gasteiger charge is -2.09. The Balaban J connectivity index is 1.25. The number of aliphatic hydroxyl groups excluding tert-OH is 1. The van der Waals surface area contributed by atoms with Gasteiger partial charge in [-0.25, -0.2) is 13.4 Å². The molecule has 8 nitrogen and oxygen atoms in total. The zero-order valence-corrected chi connectivity index (χ0v) is 18.9. The lowest BCUT2D eigenvalue weighted by molar-refractivity contribution is -0.117. The van der Waals surface area contributed by atoms with Crippen LogP contribution in [0.25, 0.3) is 10.8 Å². The number of pyridine rings is 2. The van der Waals surface area contributed by atoms with Gasteiger partial charge in [-0.3, -0.25) is 14.5 Å². The second-order valence-corrected chi connectivity index (χ2v) is 9.90. The van der Waals surface area contributed by atoms with E-state index in [0.29, 0.717) is 17.7 Å². The van der Waals surface area contributed by atoms with Gasteiger partial charge in [-0.1, -0.05) is 24.3 Å². The normalized spacial score (nSPS) is 17.3. The van der Waals surface area contributed by atoms with Crippen LogP contribution in [0.2, 0.25) is 0 Å². The number of amides is 1. The smallest absolute Gasteiger partial charge is 0.263 e. The predicted octanol–water partition coefficient (Wildman–Crippen LogP) is 3.67. The zero-order valence-electron chi connectivity index (χ0n) is 18.0. The van der Waals surface area contributed by atoms with Crippen molar-refractivity contribution in [1.29, 1.82) is 0 Å². The van der Waals surface area contributed by atoms with E-state index in [2.05, 4.69) is 20.0 Å². The summed E-state index contributed by atoms with van der Waals surface area (Å²) < 4.78 is 27.6. The second-order valence-electron chi connectivity index (χ2n) is 8.22. The maximum atomic E-state index is 12.8. The number of hydrogen-bond donors (Lipinski definition) is 3. The van der Waals surface area contributed by atoms with E-state index in [1.54, 1.807) is 54.9 Å². The van der Waals surface area contributed by atoms with E-state index in [4.69, 9.17) is 0 Å². The molecule has 34 heavy (non-hydrogen) atoms. The Morgan fingerprint density at radius 3 is 2.62 bits per heavy atom. The number of benzene rings is 2. The molecule has 2 heterocycles. The number of sulfonamides is 1. The summed E-state index contributed by atoms with van der Waals surface area (Å²) in [5.41, 5.74) is 2.28. The van der Waals surface area contributed by atoms with Crippen molar-refractivity contribution in [1.82, 2.24) is 9.97 Å². The van der Waals surface area contributed by atoms with Gasteiger partial charge < -0.3 is 10.4 Å². The predicted molar refractivity (Wildman–Crippen MR) is 129 cm³/mol. The molecule has 1 saturated carbocycles. The molecule has 2 atom stereocenters. The molecule has 1 aliphatic carbocycles. The molecule has 0 aliphatic heterocycles. The van der Waals surface area contributed by atoms with E-state index in [9.17, 15) is 18.3 Å². The molecule has 1 aliphatic rings. The van der Waals surface area contributed by atoms with E-state index in [1.165, 1.54) is 6.20 Å². The van der Waals surface area contributed by atoms with Crippen LogP contribution in [0.15, 0.2) is 84.1 Å². The van der Waals surface area contributed by atoms with Crippen LogP contribution in [0.3, 0.4) is 0 Å². The van der Waals surface area contributed by atoms with Crippen molar-refractivity contribution in [2.45, 2.75) is 23.8 Å². The van der Waals surface area contributed by atoms with Gasteiger partial charge >= 0.3 is 0 Å². The standard InChI is InChI=1S/C25H22N4O4S/c30-15-18-14-26-13-17-4-7-19(11-21(17)18)28-25(31)23-12-22(23)16-5-8-20(9-6-16)34(32,33)29-24-3-1-2-10-27-24/h1-11,13-14,22-23,30H,12,15H2,(H,27,29)(H,28,31)/t22-,23+/m0/s1. The highest BCUT2D eigenvalue weighted by molar-refractivity contribution is 7.92. The van der Waals surface area contributed by atoms with Gasteiger partial charge in [0.25, 0.3) is 10.0 Å². The molecule has 5 rings (SSSR count). The third-order valence-electron chi connectivity index (χ3n) is 5.93. The molecule has 0 radical (unpaired) electrons. The van der Waals surface area contributed by atoms with Gasteiger partial charge in [0, 0.05) is 41.1 Å². The number of aliphatic hydroxyl groups is 1. The molecule has 2 aromatic carbocycles. The first kappa shape index (κ1) is 22.0. The highest BCUT2D eigenvalue weighted by Crippen LogP contribution is 2.48. The number of nitrogens with zero attached hydrogens (tertiary/aromatic N) is 2. The molecule has 0 unspecified atom stereocenters. The first-order chi connectivity index (χ1) is 16.4. The molecule has 1 fully saturated rings. The van der Waals surface area contributed by atoms with Gasteiger partial charge in [-0.15, -0.1) is 0 Å². The summed E-state index contributed by atoms with van der Waals surface area (Å²) in [6.07, 6.45) is 5.54. The molecule has 0 bridgehead atoms. The summed E-state index contributed by atoms with van der Waals surface area (Å²) in [5.74, 6) is 0.0248. The Morgan fingerprint density at radius 1 is 1.06 bits per heavy atom. The van der Waals surface area contributed by atoms with Crippen LogP contribution in [0.1, 0.15) is 23.5 Å². The minimum absolute atomic E-state index is 0.0400. The Morgan fingerprint density at radius 2 is 1.88 bits per heavy atom. The molecule has 1 amide bonds. The van der Waals surface area contributed by atoms with Crippen molar-refractivity contribution in [3.63, 3.8) is 0 Å². The van der Waals surface area contributed by atoms with Crippen LogP contribution in [0.5, 0.6) is 0 Å². The lowest BCUT2D eigenvalue weighted by atomic mass is 10.1. The maximum absolute atomic E-state index is 12.8. The third-order valence-corrected chi connectivity index (χ3v) is 7.30. The Kier molecular flexibility index (Phi) is 5.72. The fraction of sp³-hybridized carbons (Fsp3) is 0.160. The quantitative estimate of drug-likeness (QED) is 0.376. The van der Waals surface area contributed by atoms with Gasteiger partial charge in [0.1, 0.15) is 5.82 Å². The molecule has 0 spiro atoms. The van der Waals surface area contributed by atoms with E-state index in [-0.39, 0.29) is 35.1 Å². The van der Waals surface area contributed by atoms with E-state index < -0.39 is 10.0 Å². The number of carbonyl (C=O) groups excluding carboxylic acids is 1. The van der Waals surface area contributed by atoms with Crippen LogP contribution in [-0.2, 0) is 21.4 Å². The van der Waals surface area contributed by atoms with Crippen LogP contribution in [0.4, 0.5) is 11.5 Å². The zero-order chi connectivity index (χ0) is 23.7. The molecule has 172 valence electrons. The highest BCUT2D eigenvalue weighted by atomic mass is 32.2. The molecule has 3 N–H and O–H groups in total. The summed E-state index contributed by atoms with van der Waals surface area (Å²) in [7, 11) is -3.74.